The average molecular weight is 433 g/mol. The standard InChI is InChI=1S/C16H15Cl2N3O3S2/c17-10-5-11(18)7-14(6-10)25-15-2-1-13(20-22)8-16(15)26(23,24)21-4-3-12(19)9-21/h1-2,5-8,12H,3-4,9,19H2/p+1/t12-/m1/s1. The number of nitrogens with zero attached hydrogens (tertiary/aromatic N) is 1. The fraction of sp³-hybridized carbons (Fsp3) is 0.250. The largest absolute Gasteiger partial charge is 0.326 e. The normalized spacial score (nSPS) is 18.2. The van der Waals surface area contributed by atoms with Gasteiger partial charge in [0, 0.05) is 61.2 Å². The molecule has 0 bridgehead atoms. The molecular formula is C16H16Cl2N3O3S2+. The van der Waals surface area contributed by atoms with Crippen molar-refractivity contribution in [2.75, 3.05) is 13.1 Å². The highest BCUT2D eigenvalue weighted by atomic mass is 35.5. The smallest absolute Gasteiger partial charge is 0.254 e. The zero-order valence-electron chi connectivity index (χ0n) is 13.5. The fourth-order valence-corrected chi connectivity index (χ4v) is 6.31. The number of rotatable bonds is 5. The number of halogens is 2. The molecule has 3 N–H and O–H groups in total. The van der Waals surface area contributed by atoms with Gasteiger partial charge in [0.05, 0.1) is 0 Å². The minimum absolute atomic E-state index is 0.0496. The van der Waals surface area contributed by atoms with Gasteiger partial charge in [-0.15, -0.1) is 0 Å². The van der Waals surface area contributed by atoms with Crippen LogP contribution in [-0.2, 0) is 10.0 Å². The van der Waals surface area contributed by atoms with E-state index in [1.807, 2.05) is 0 Å². The molecule has 3 rings (SSSR count). The summed E-state index contributed by atoms with van der Waals surface area (Å²) in [5.74, 6) is 0. The molecule has 1 heterocycles. The monoisotopic (exact) mass is 432 g/mol. The summed E-state index contributed by atoms with van der Waals surface area (Å²) in [6.45, 7) is 0.607. The molecule has 0 radical (unpaired) electrons. The minimum atomic E-state index is -3.79. The molecule has 2 aromatic carbocycles. The third-order valence-electron chi connectivity index (χ3n) is 3.93. The summed E-state index contributed by atoms with van der Waals surface area (Å²) >= 11 is 13.3. The lowest BCUT2D eigenvalue weighted by Gasteiger charge is -2.18. The first-order valence-corrected chi connectivity index (χ1v) is 10.7. The van der Waals surface area contributed by atoms with E-state index in [2.05, 4.69) is 0 Å². The van der Waals surface area contributed by atoms with Crippen LogP contribution in [0.15, 0.2) is 51.1 Å². The van der Waals surface area contributed by atoms with Gasteiger partial charge < -0.3 is 5.73 Å². The van der Waals surface area contributed by atoms with Crippen LogP contribution in [-0.4, -0.2) is 31.9 Å². The second kappa shape index (κ2) is 7.84. The fourth-order valence-electron chi connectivity index (χ4n) is 2.68. The van der Waals surface area contributed by atoms with Crippen molar-refractivity contribution >= 4 is 50.7 Å². The molecule has 1 aliphatic rings. The number of hydrogen-bond donors (Lipinski definition) is 2. The van der Waals surface area contributed by atoms with E-state index in [1.165, 1.54) is 28.2 Å². The highest BCUT2D eigenvalue weighted by Gasteiger charge is 2.33. The molecule has 10 heteroatoms. The van der Waals surface area contributed by atoms with Gasteiger partial charge in [-0.05, 0) is 30.7 Å². The number of nitrogens with two attached hydrogens (primary N) is 1. The Morgan fingerprint density at radius 2 is 1.85 bits per heavy atom. The summed E-state index contributed by atoms with van der Waals surface area (Å²) in [4.78, 5) is 12.2. The number of nitrogens with one attached hydrogen (secondary N) is 1. The van der Waals surface area contributed by atoms with Crippen molar-refractivity contribution in [3.05, 3.63) is 51.4 Å². The van der Waals surface area contributed by atoms with Crippen LogP contribution in [0.5, 0.6) is 0 Å². The topological polar surface area (TPSA) is 94.4 Å². The summed E-state index contributed by atoms with van der Waals surface area (Å²) in [6.07, 6.45) is 0.602. The summed E-state index contributed by atoms with van der Waals surface area (Å²) in [6, 6.07) is 9.24. The van der Waals surface area contributed by atoms with Crippen LogP contribution in [0.25, 0.3) is 0 Å². The quantitative estimate of drug-likeness (QED) is 0.755. The zero-order chi connectivity index (χ0) is 18.9. The highest BCUT2D eigenvalue weighted by molar-refractivity contribution is 8.00. The van der Waals surface area contributed by atoms with E-state index in [0.29, 0.717) is 32.8 Å². The molecule has 0 aromatic heterocycles. The number of hydrogen-bond acceptors (Lipinski definition) is 5. The molecule has 6 nitrogen and oxygen atoms in total. The van der Waals surface area contributed by atoms with Gasteiger partial charge in [0.1, 0.15) is 4.90 Å². The Balaban J connectivity index is 2.04. The summed E-state index contributed by atoms with van der Waals surface area (Å²) in [5.41, 5.74) is 6.02. The Hall–Kier alpha value is -1.16. The Morgan fingerprint density at radius 3 is 2.42 bits per heavy atom. The SMILES string of the molecule is N[C@@H]1CCN(S(=O)(=O)c2cc([NH+]=O)ccc2Sc2cc(Cl)cc(Cl)c2)C1. The van der Waals surface area contributed by atoms with Gasteiger partial charge in [-0.3, -0.25) is 0 Å². The summed E-state index contributed by atoms with van der Waals surface area (Å²) in [7, 11) is -3.79. The molecule has 0 amide bonds. The van der Waals surface area contributed by atoms with Gasteiger partial charge in [-0.25, -0.2) is 8.42 Å². The van der Waals surface area contributed by atoms with Crippen LogP contribution in [0.4, 0.5) is 5.69 Å². The summed E-state index contributed by atoms with van der Waals surface area (Å²) < 4.78 is 27.5. The third-order valence-corrected chi connectivity index (χ3v) is 7.45. The van der Waals surface area contributed by atoms with Crippen LogP contribution in [0.1, 0.15) is 6.42 Å². The van der Waals surface area contributed by atoms with Crippen LogP contribution < -0.4 is 10.9 Å². The van der Waals surface area contributed by atoms with Crippen LogP contribution in [0.3, 0.4) is 0 Å². The molecule has 26 heavy (non-hydrogen) atoms. The van der Waals surface area contributed by atoms with Crippen molar-refractivity contribution in [2.45, 2.75) is 27.1 Å². The van der Waals surface area contributed by atoms with E-state index in [1.54, 1.807) is 29.4 Å². The predicted molar refractivity (Wildman–Crippen MR) is 102 cm³/mol. The Bertz CT molecular complexity index is 934. The van der Waals surface area contributed by atoms with Gasteiger partial charge in [0.2, 0.25) is 10.0 Å². The van der Waals surface area contributed by atoms with Crippen LogP contribution >= 0.6 is 35.0 Å². The van der Waals surface area contributed by atoms with Gasteiger partial charge in [0.15, 0.2) is 0 Å². The van der Waals surface area contributed by atoms with Crippen molar-refractivity contribution in [1.82, 2.24) is 4.31 Å². The van der Waals surface area contributed by atoms with Crippen molar-refractivity contribution in [3.63, 3.8) is 0 Å². The highest BCUT2D eigenvalue weighted by Crippen LogP contribution is 2.37. The number of nitroso groups, excluding NO2 is 1. The first-order chi connectivity index (χ1) is 12.3. The second-order valence-electron chi connectivity index (χ2n) is 5.88. The molecule has 2 aromatic rings. The second-order valence-corrected chi connectivity index (χ2v) is 9.78. The van der Waals surface area contributed by atoms with Crippen LogP contribution in [0, 0.1) is 4.91 Å². The van der Waals surface area contributed by atoms with Crippen molar-refractivity contribution in [3.8, 4) is 0 Å². The third kappa shape index (κ3) is 4.21. The van der Waals surface area contributed by atoms with Crippen molar-refractivity contribution in [2.24, 2.45) is 5.73 Å². The van der Waals surface area contributed by atoms with E-state index in [0.717, 1.165) is 0 Å². The molecule has 1 aliphatic heterocycles. The molecular weight excluding hydrogens is 417 g/mol. The zero-order valence-corrected chi connectivity index (χ0v) is 16.6. The lowest BCUT2D eigenvalue weighted by atomic mass is 10.3. The molecule has 1 saturated heterocycles. The van der Waals surface area contributed by atoms with E-state index >= 15 is 0 Å². The van der Waals surface area contributed by atoms with Gasteiger partial charge >= 0.3 is 0 Å². The Labute approximate surface area is 165 Å². The maximum Gasteiger partial charge on any atom is 0.254 e. The molecule has 0 aliphatic carbocycles. The van der Waals surface area contributed by atoms with E-state index in [4.69, 9.17) is 28.9 Å². The average Bonchev–Trinajstić information content (AvgIpc) is 3.01. The lowest BCUT2D eigenvalue weighted by molar-refractivity contribution is -0.379. The minimum Gasteiger partial charge on any atom is -0.326 e. The Morgan fingerprint density at radius 1 is 1.15 bits per heavy atom. The lowest BCUT2D eigenvalue weighted by Crippen LogP contribution is -2.55. The molecule has 0 saturated carbocycles. The van der Waals surface area contributed by atoms with E-state index in [-0.39, 0.29) is 23.2 Å². The number of benzene rings is 2. The first kappa shape index (κ1) is 19.6. The maximum atomic E-state index is 13.1. The Kier molecular flexibility index (Phi) is 5.91. The summed E-state index contributed by atoms with van der Waals surface area (Å²) in [5, 5.41) is 2.64. The van der Waals surface area contributed by atoms with Gasteiger partial charge in [0.25, 0.3) is 5.69 Å². The molecule has 138 valence electrons. The van der Waals surface area contributed by atoms with Crippen molar-refractivity contribution < 1.29 is 13.6 Å². The predicted octanol–water partition coefficient (Wildman–Crippen LogP) is 2.34. The molecule has 0 unspecified atom stereocenters. The molecule has 1 fully saturated rings. The van der Waals surface area contributed by atoms with E-state index in [9.17, 15) is 13.3 Å². The molecule has 0 spiro atoms. The number of sulfonamides is 1. The maximum absolute atomic E-state index is 13.1. The first-order valence-electron chi connectivity index (χ1n) is 7.71. The van der Waals surface area contributed by atoms with Gasteiger partial charge in [-0.2, -0.15) is 4.31 Å². The van der Waals surface area contributed by atoms with E-state index < -0.39 is 10.0 Å². The van der Waals surface area contributed by atoms with Crippen LogP contribution in [0.2, 0.25) is 10.0 Å². The van der Waals surface area contributed by atoms with Gasteiger partial charge in [-0.1, -0.05) is 35.0 Å². The van der Waals surface area contributed by atoms with Crippen molar-refractivity contribution in [1.29, 1.82) is 0 Å². The molecule has 1 atom stereocenters.